The number of aryl methyl sites for hydroxylation is 1. The average molecular weight is 491 g/mol. The van der Waals surface area contributed by atoms with E-state index in [1.54, 1.807) is 0 Å². The van der Waals surface area contributed by atoms with Crippen LogP contribution in [0.25, 0.3) is 0 Å². The lowest BCUT2D eigenvalue weighted by molar-refractivity contribution is 0.339. The van der Waals surface area contributed by atoms with Gasteiger partial charge in [0.05, 0.1) is 4.90 Å². The maximum Gasteiger partial charge on any atom is 0.235 e. The molecule has 1 fully saturated rings. The van der Waals surface area contributed by atoms with Crippen LogP contribution < -0.4 is 4.72 Å². The lowest BCUT2D eigenvalue weighted by atomic mass is 10.2. The molecular formula is C25H39N4O2PS. The molecule has 3 rings (SSSR count). The quantitative estimate of drug-likeness (QED) is 0.326. The standard InChI is InChI=1S/C25H39N4O2PS/c1-6-28(7-2)32(30,29(8-3)9-4)25(26-33(31)23-17-15-21(5)16-18-23)24-20-27(24)19-22-13-11-10-12-14-22/h10-18,24-26H,6-9,19-20H2,1-5H3/t24-,25-,27?,33+/m1/s1. The summed E-state index contributed by atoms with van der Waals surface area (Å²) in [4.78, 5) is 3.05. The van der Waals surface area contributed by atoms with Gasteiger partial charge in [0, 0.05) is 45.3 Å². The second kappa shape index (κ2) is 11.9. The fourth-order valence-electron chi connectivity index (χ4n) is 4.49. The highest BCUT2D eigenvalue weighted by Gasteiger charge is 2.53. The molecule has 0 aliphatic carbocycles. The lowest BCUT2D eigenvalue weighted by Gasteiger charge is -2.42. The van der Waals surface area contributed by atoms with Crippen molar-refractivity contribution in [3.8, 4) is 0 Å². The first kappa shape index (κ1) is 26.3. The van der Waals surface area contributed by atoms with Crippen molar-refractivity contribution >= 4 is 18.4 Å². The number of hydrogen-bond acceptors (Lipinski definition) is 3. The Hall–Kier alpha value is -1.34. The molecule has 6 nitrogen and oxygen atoms in total. The normalized spacial score (nSPS) is 20.2. The number of nitrogens with zero attached hydrogens (tertiary/aromatic N) is 3. The predicted octanol–water partition coefficient (Wildman–Crippen LogP) is 4.69. The van der Waals surface area contributed by atoms with Gasteiger partial charge in [-0.2, -0.15) is 0 Å². The van der Waals surface area contributed by atoms with Gasteiger partial charge in [0.25, 0.3) is 0 Å². The van der Waals surface area contributed by atoms with Gasteiger partial charge in [0.1, 0.15) is 16.8 Å². The van der Waals surface area contributed by atoms with Crippen LogP contribution in [0.4, 0.5) is 0 Å². The first-order valence-electron chi connectivity index (χ1n) is 12.0. The molecule has 0 spiro atoms. The number of benzene rings is 2. The minimum absolute atomic E-state index is 0.0617. The van der Waals surface area contributed by atoms with Crippen LogP contribution in [-0.2, 0) is 22.1 Å². The summed E-state index contributed by atoms with van der Waals surface area (Å²) in [5, 5.41) is 0. The zero-order valence-corrected chi connectivity index (χ0v) is 22.3. The second-order valence-electron chi connectivity index (χ2n) is 8.49. The topological polar surface area (TPSA) is 55.7 Å². The van der Waals surface area contributed by atoms with Gasteiger partial charge in [-0.05, 0) is 24.6 Å². The molecule has 1 saturated heterocycles. The zero-order valence-electron chi connectivity index (χ0n) is 20.6. The largest absolute Gasteiger partial charge is 0.291 e. The molecule has 1 N–H and O–H groups in total. The second-order valence-corrected chi connectivity index (χ2v) is 12.6. The highest BCUT2D eigenvalue weighted by Crippen LogP contribution is 2.59. The smallest absolute Gasteiger partial charge is 0.235 e. The van der Waals surface area contributed by atoms with E-state index in [1.807, 2.05) is 49.4 Å². The third kappa shape index (κ3) is 6.02. The average Bonchev–Trinajstić information content (AvgIpc) is 3.58. The van der Waals surface area contributed by atoms with Gasteiger partial charge in [0.15, 0.2) is 0 Å². The first-order chi connectivity index (χ1) is 15.9. The van der Waals surface area contributed by atoms with E-state index in [0.29, 0.717) is 31.1 Å². The Kier molecular flexibility index (Phi) is 9.45. The van der Waals surface area contributed by atoms with Crippen molar-refractivity contribution in [2.24, 2.45) is 0 Å². The van der Waals surface area contributed by atoms with Crippen molar-refractivity contribution in [2.75, 3.05) is 32.7 Å². The molecule has 1 heterocycles. The van der Waals surface area contributed by atoms with Crippen LogP contribution in [0.3, 0.4) is 0 Å². The summed E-state index contributed by atoms with van der Waals surface area (Å²) in [7, 11) is -4.50. The molecule has 1 aliphatic rings. The lowest BCUT2D eigenvalue weighted by Crippen LogP contribution is -2.47. The van der Waals surface area contributed by atoms with Crippen LogP contribution in [0.5, 0.6) is 0 Å². The Morgan fingerprint density at radius 1 is 0.970 bits per heavy atom. The van der Waals surface area contributed by atoms with E-state index in [2.05, 4.69) is 58.8 Å². The summed E-state index contributed by atoms with van der Waals surface area (Å²) in [5.41, 5.74) is 2.36. The molecule has 0 saturated carbocycles. The number of rotatable bonds is 13. The number of hydrogen-bond donors (Lipinski definition) is 1. The third-order valence-electron chi connectivity index (χ3n) is 6.45. The van der Waals surface area contributed by atoms with E-state index in [4.69, 9.17) is 0 Å². The third-order valence-corrected chi connectivity index (χ3v) is 11.7. The van der Waals surface area contributed by atoms with Gasteiger partial charge in [-0.3, -0.25) is 9.46 Å². The minimum atomic E-state index is -3.05. The van der Waals surface area contributed by atoms with Gasteiger partial charge in [-0.25, -0.2) is 18.3 Å². The predicted molar refractivity (Wildman–Crippen MR) is 139 cm³/mol. The van der Waals surface area contributed by atoms with Crippen LogP contribution in [0.2, 0.25) is 0 Å². The molecule has 8 heteroatoms. The van der Waals surface area contributed by atoms with Gasteiger partial charge < -0.3 is 0 Å². The molecular weight excluding hydrogens is 451 g/mol. The number of nitrogens with one attached hydrogen (secondary N) is 1. The van der Waals surface area contributed by atoms with E-state index >= 15 is 0 Å². The van der Waals surface area contributed by atoms with Crippen molar-refractivity contribution in [1.29, 1.82) is 0 Å². The van der Waals surface area contributed by atoms with E-state index in [9.17, 15) is 8.77 Å². The van der Waals surface area contributed by atoms with Crippen LogP contribution in [-0.4, -0.2) is 63.0 Å². The van der Waals surface area contributed by atoms with Gasteiger partial charge >= 0.3 is 0 Å². The SMILES string of the molecule is CCN(CC)P(=O)([C@@H](N[S@@](=O)c1ccc(C)cc1)[C@H]1CN1Cc1ccccc1)N(CC)CC. The van der Waals surface area contributed by atoms with Crippen LogP contribution in [0, 0.1) is 6.92 Å². The van der Waals surface area contributed by atoms with Crippen molar-refractivity contribution in [3.05, 3.63) is 65.7 Å². The molecule has 1 unspecified atom stereocenters. The summed E-state index contributed by atoms with van der Waals surface area (Å²) in [6.07, 6.45) is 0. The summed E-state index contributed by atoms with van der Waals surface area (Å²) in [5.74, 6) is -0.414. The summed E-state index contributed by atoms with van der Waals surface area (Å²) >= 11 is 0. The first-order valence-corrected chi connectivity index (χ1v) is 14.8. The molecule has 0 radical (unpaired) electrons. The summed E-state index contributed by atoms with van der Waals surface area (Å²) in [6.45, 7) is 14.6. The zero-order chi connectivity index (χ0) is 24.0. The van der Waals surface area contributed by atoms with Crippen molar-refractivity contribution < 1.29 is 8.77 Å². The van der Waals surface area contributed by atoms with Crippen LogP contribution in [0.15, 0.2) is 59.5 Å². The van der Waals surface area contributed by atoms with Gasteiger partial charge in [-0.1, -0.05) is 75.7 Å². The van der Waals surface area contributed by atoms with E-state index in [0.717, 1.165) is 18.7 Å². The molecule has 4 atom stereocenters. The summed E-state index contributed by atoms with van der Waals surface area (Å²) < 4.78 is 35.9. The van der Waals surface area contributed by atoms with E-state index in [-0.39, 0.29) is 6.04 Å². The highest BCUT2D eigenvalue weighted by atomic mass is 32.2. The minimum Gasteiger partial charge on any atom is -0.291 e. The highest BCUT2D eigenvalue weighted by molar-refractivity contribution is 7.83. The van der Waals surface area contributed by atoms with E-state index < -0.39 is 24.2 Å². The Bertz CT molecular complexity index is 933. The Labute approximate surface area is 202 Å². The van der Waals surface area contributed by atoms with Gasteiger partial charge in [0.2, 0.25) is 7.44 Å². The molecule has 1 aliphatic heterocycles. The molecule has 2 aromatic carbocycles. The Balaban J connectivity index is 1.95. The monoisotopic (exact) mass is 490 g/mol. The molecule has 182 valence electrons. The van der Waals surface area contributed by atoms with Crippen molar-refractivity contribution in [3.63, 3.8) is 0 Å². The van der Waals surface area contributed by atoms with E-state index in [1.165, 1.54) is 5.56 Å². The fraction of sp³-hybridized carbons (Fsp3) is 0.520. The molecule has 33 heavy (non-hydrogen) atoms. The van der Waals surface area contributed by atoms with Gasteiger partial charge in [-0.15, -0.1) is 0 Å². The molecule has 2 aromatic rings. The maximum atomic E-state index is 15.0. The molecule has 0 aromatic heterocycles. The molecule has 0 bridgehead atoms. The van der Waals surface area contributed by atoms with Crippen LogP contribution in [0.1, 0.15) is 38.8 Å². The van der Waals surface area contributed by atoms with Crippen molar-refractivity contribution in [1.82, 2.24) is 19.0 Å². The maximum absolute atomic E-state index is 15.0. The van der Waals surface area contributed by atoms with Crippen molar-refractivity contribution in [2.45, 2.75) is 57.9 Å². The fourth-order valence-corrected chi connectivity index (χ4v) is 9.64. The Morgan fingerprint density at radius 3 is 2.03 bits per heavy atom. The molecule has 0 amide bonds. The summed E-state index contributed by atoms with van der Waals surface area (Å²) in [6, 6.07) is 18.1. The Morgan fingerprint density at radius 2 is 1.52 bits per heavy atom. The van der Waals surface area contributed by atoms with Crippen LogP contribution >= 0.6 is 7.44 Å².